The van der Waals surface area contributed by atoms with Crippen LogP contribution in [0.1, 0.15) is 21.5 Å². The third-order valence-electron chi connectivity index (χ3n) is 2.86. The molecule has 1 amide bonds. The largest absolute Gasteiger partial charge is 0.480 e. The van der Waals surface area contributed by atoms with Crippen LogP contribution in [0.5, 0.6) is 0 Å². The highest BCUT2D eigenvalue weighted by molar-refractivity contribution is 5.96. The second kappa shape index (κ2) is 7.00. The Labute approximate surface area is 117 Å². The maximum Gasteiger partial charge on any atom is 0.323 e. The summed E-state index contributed by atoms with van der Waals surface area (Å²) in [5.74, 6) is -1.91. The summed E-state index contributed by atoms with van der Waals surface area (Å²) in [7, 11) is 1.47. The van der Waals surface area contributed by atoms with Crippen molar-refractivity contribution in [1.82, 2.24) is 4.90 Å². The van der Waals surface area contributed by atoms with Gasteiger partial charge in [0.2, 0.25) is 0 Å². The number of carboxylic acid groups (broad SMARTS) is 1. The van der Waals surface area contributed by atoms with Crippen LogP contribution in [0.25, 0.3) is 0 Å². The van der Waals surface area contributed by atoms with Crippen LogP contribution in [0.4, 0.5) is 4.39 Å². The number of benzene rings is 1. The highest BCUT2D eigenvalue weighted by atomic mass is 19.1. The molecule has 0 fully saturated rings. The number of carbonyl (C=O) groups excluding carboxylic acids is 1. The van der Waals surface area contributed by atoms with Gasteiger partial charge in [-0.1, -0.05) is 0 Å². The minimum absolute atomic E-state index is 0.164. The zero-order valence-corrected chi connectivity index (χ0v) is 11.8. The van der Waals surface area contributed by atoms with Gasteiger partial charge in [0, 0.05) is 19.2 Å². The van der Waals surface area contributed by atoms with Crippen molar-refractivity contribution in [3.63, 3.8) is 0 Å². The molecule has 0 aromatic heterocycles. The second-order valence-corrected chi connectivity index (χ2v) is 4.54. The van der Waals surface area contributed by atoms with E-state index in [0.29, 0.717) is 11.1 Å². The van der Waals surface area contributed by atoms with Crippen molar-refractivity contribution >= 4 is 11.9 Å². The highest BCUT2D eigenvalue weighted by Crippen LogP contribution is 2.16. The van der Waals surface area contributed by atoms with E-state index < -0.39 is 18.4 Å². The van der Waals surface area contributed by atoms with Crippen LogP contribution >= 0.6 is 0 Å². The van der Waals surface area contributed by atoms with Crippen molar-refractivity contribution < 1.29 is 23.8 Å². The number of rotatable bonds is 6. The molecule has 1 aromatic rings. The third kappa shape index (κ3) is 4.03. The van der Waals surface area contributed by atoms with Gasteiger partial charge in [-0.05, 0) is 37.1 Å². The minimum Gasteiger partial charge on any atom is -0.480 e. The molecule has 0 aliphatic rings. The Bertz CT molecular complexity index is 493. The maximum atomic E-state index is 13.5. The molecule has 1 rings (SSSR count). The van der Waals surface area contributed by atoms with E-state index in [4.69, 9.17) is 9.84 Å². The Kier molecular flexibility index (Phi) is 5.64. The molecule has 1 aromatic carbocycles. The Morgan fingerprint density at radius 1 is 1.30 bits per heavy atom. The molecule has 110 valence electrons. The van der Waals surface area contributed by atoms with Crippen molar-refractivity contribution in [2.45, 2.75) is 13.8 Å². The lowest BCUT2D eigenvalue weighted by atomic mass is 10.1. The van der Waals surface area contributed by atoms with Gasteiger partial charge in [0.05, 0.1) is 6.61 Å². The summed E-state index contributed by atoms with van der Waals surface area (Å²) in [5.41, 5.74) is 0.990. The molecular formula is C14H18FNO4. The standard InChI is InChI=1S/C14H18FNO4/c1-9-6-11(7-10(2)13(9)15)14(19)16(4-5-20-3)8-12(17)18/h6-7H,4-5,8H2,1-3H3,(H,17,18). The Hall–Kier alpha value is -1.95. The summed E-state index contributed by atoms with van der Waals surface area (Å²) >= 11 is 0. The predicted molar refractivity (Wildman–Crippen MR) is 71.3 cm³/mol. The predicted octanol–water partition coefficient (Wildman–Crippen LogP) is 1.62. The molecule has 0 spiro atoms. The molecule has 0 atom stereocenters. The van der Waals surface area contributed by atoms with Crippen LogP contribution in [0.2, 0.25) is 0 Å². The summed E-state index contributed by atoms with van der Waals surface area (Å²) in [6.07, 6.45) is 0. The van der Waals surface area contributed by atoms with E-state index in [1.54, 1.807) is 13.8 Å². The molecule has 0 bridgehead atoms. The fraction of sp³-hybridized carbons (Fsp3) is 0.429. The number of carboxylic acids is 1. The Morgan fingerprint density at radius 2 is 1.85 bits per heavy atom. The van der Waals surface area contributed by atoms with Crippen LogP contribution in [-0.4, -0.2) is 48.7 Å². The number of carbonyl (C=O) groups is 2. The van der Waals surface area contributed by atoms with Gasteiger partial charge >= 0.3 is 5.97 Å². The third-order valence-corrected chi connectivity index (χ3v) is 2.86. The van der Waals surface area contributed by atoms with Crippen LogP contribution in [0.15, 0.2) is 12.1 Å². The first-order valence-corrected chi connectivity index (χ1v) is 6.13. The van der Waals surface area contributed by atoms with E-state index in [1.165, 1.54) is 19.2 Å². The van der Waals surface area contributed by atoms with E-state index in [9.17, 15) is 14.0 Å². The summed E-state index contributed by atoms with van der Waals surface area (Å²) in [6, 6.07) is 2.85. The van der Waals surface area contributed by atoms with Crippen LogP contribution in [0.3, 0.4) is 0 Å². The van der Waals surface area contributed by atoms with Crippen molar-refractivity contribution in [2.75, 3.05) is 26.8 Å². The topological polar surface area (TPSA) is 66.8 Å². The van der Waals surface area contributed by atoms with Crippen molar-refractivity contribution in [3.05, 3.63) is 34.6 Å². The van der Waals surface area contributed by atoms with Crippen LogP contribution < -0.4 is 0 Å². The molecular weight excluding hydrogens is 265 g/mol. The molecule has 0 radical (unpaired) electrons. The highest BCUT2D eigenvalue weighted by Gasteiger charge is 2.19. The monoisotopic (exact) mass is 283 g/mol. The molecule has 0 saturated heterocycles. The molecule has 20 heavy (non-hydrogen) atoms. The van der Waals surface area contributed by atoms with Gasteiger partial charge in [-0.2, -0.15) is 0 Å². The van der Waals surface area contributed by atoms with E-state index >= 15 is 0 Å². The van der Waals surface area contributed by atoms with Crippen molar-refractivity contribution in [1.29, 1.82) is 0 Å². The number of hydrogen-bond donors (Lipinski definition) is 1. The minimum atomic E-state index is -1.11. The first kappa shape index (κ1) is 16.1. The summed E-state index contributed by atoms with van der Waals surface area (Å²) in [6.45, 7) is 3.11. The van der Waals surface area contributed by atoms with Gasteiger partial charge in [0.15, 0.2) is 0 Å². The lowest BCUT2D eigenvalue weighted by Gasteiger charge is -2.21. The summed E-state index contributed by atoms with van der Waals surface area (Å²) in [5, 5.41) is 8.84. The fourth-order valence-electron chi connectivity index (χ4n) is 1.87. The maximum absolute atomic E-state index is 13.5. The number of halogens is 1. The van der Waals surface area contributed by atoms with Crippen molar-refractivity contribution in [2.24, 2.45) is 0 Å². The average Bonchev–Trinajstić information content (AvgIpc) is 2.39. The van der Waals surface area contributed by atoms with E-state index in [0.717, 1.165) is 4.90 Å². The SMILES string of the molecule is COCCN(CC(=O)O)C(=O)c1cc(C)c(F)c(C)c1. The number of methoxy groups -OCH3 is 1. The van der Waals surface area contributed by atoms with E-state index in [1.807, 2.05) is 0 Å². The smallest absolute Gasteiger partial charge is 0.323 e. The quantitative estimate of drug-likeness (QED) is 0.861. The molecule has 1 N–H and O–H groups in total. The van der Waals surface area contributed by atoms with Crippen LogP contribution in [-0.2, 0) is 9.53 Å². The fourth-order valence-corrected chi connectivity index (χ4v) is 1.87. The summed E-state index contributed by atoms with van der Waals surface area (Å²) in [4.78, 5) is 24.3. The summed E-state index contributed by atoms with van der Waals surface area (Å²) < 4.78 is 18.4. The number of nitrogens with zero attached hydrogens (tertiary/aromatic N) is 1. The second-order valence-electron chi connectivity index (χ2n) is 4.54. The zero-order chi connectivity index (χ0) is 15.3. The number of aryl methyl sites for hydroxylation is 2. The zero-order valence-electron chi connectivity index (χ0n) is 11.8. The number of aliphatic carboxylic acids is 1. The van der Waals surface area contributed by atoms with E-state index in [-0.39, 0.29) is 24.5 Å². The van der Waals surface area contributed by atoms with Gasteiger partial charge in [0.1, 0.15) is 12.4 Å². The van der Waals surface area contributed by atoms with Crippen LogP contribution in [0, 0.1) is 19.7 Å². The molecule has 0 unspecified atom stereocenters. The molecule has 0 aliphatic heterocycles. The average molecular weight is 283 g/mol. The lowest BCUT2D eigenvalue weighted by molar-refractivity contribution is -0.137. The Balaban J connectivity index is 3.01. The Morgan fingerprint density at radius 3 is 2.30 bits per heavy atom. The number of hydrogen-bond acceptors (Lipinski definition) is 3. The van der Waals surface area contributed by atoms with Gasteiger partial charge in [-0.25, -0.2) is 4.39 Å². The normalized spacial score (nSPS) is 10.4. The lowest BCUT2D eigenvalue weighted by Crippen LogP contribution is -2.38. The molecule has 0 heterocycles. The molecule has 0 aliphatic carbocycles. The van der Waals surface area contributed by atoms with Gasteiger partial charge in [-0.3, -0.25) is 9.59 Å². The van der Waals surface area contributed by atoms with Crippen molar-refractivity contribution in [3.8, 4) is 0 Å². The number of amides is 1. The first-order valence-electron chi connectivity index (χ1n) is 6.13. The molecule has 6 heteroatoms. The molecule has 5 nitrogen and oxygen atoms in total. The van der Waals surface area contributed by atoms with Gasteiger partial charge in [-0.15, -0.1) is 0 Å². The number of ether oxygens (including phenoxy) is 1. The molecule has 0 saturated carbocycles. The van der Waals surface area contributed by atoms with E-state index in [2.05, 4.69) is 0 Å². The van der Waals surface area contributed by atoms with Gasteiger partial charge < -0.3 is 14.7 Å². The first-order chi connectivity index (χ1) is 9.36. The van der Waals surface area contributed by atoms with Gasteiger partial charge in [0.25, 0.3) is 5.91 Å².